The largest absolute Gasteiger partial charge is 0.540 e. The van der Waals surface area contributed by atoms with Gasteiger partial charge >= 0.3 is 0 Å². The lowest BCUT2D eigenvalue weighted by atomic mass is 10.5. The second-order valence-corrected chi connectivity index (χ2v) is 3.53. The molecule has 1 unspecified atom stereocenters. The molecule has 0 saturated carbocycles. The normalized spacial score (nSPS) is 11.4. The predicted octanol–water partition coefficient (Wildman–Crippen LogP) is 0.336. The van der Waals surface area contributed by atoms with Crippen LogP contribution in [0, 0.1) is 0 Å². The first kappa shape index (κ1) is 6.29. The van der Waals surface area contributed by atoms with Gasteiger partial charge in [-0.15, -0.1) is 0 Å². The van der Waals surface area contributed by atoms with Crippen LogP contribution < -0.4 is 5.11 Å². The number of aromatic carboxylic acids is 1. The minimum Gasteiger partial charge on any atom is -0.540 e. The molecule has 1 atom stereocenters. The van der Waals surface area contributed by atoms with Crippen LogP contribution in [0.3, 0.4) is 0 Å². The number of thiophene rings is 1. The van der Waals surface area contributed by atoms with Gasteiger partial charge in [-0.3, -0.25) is 0 Å². The summed E-state index contributed by atoms with van der Waals surface area (Å²) in [5, 5.41) is 12.1. The van der Waals surface area contributed by atoms with Crippen LogP contribution >= 0.6 is 10.5 Å². The quantitative estimate of drug-likeness (QED) is 0.530. The Morgan fingerprint density at radius 1 is 1.78 bits per heavy atom. The number of aryl methyl sites for hydroxylation is 1. The first-order valence-electron chi connectivity index (χ1n) is 2.46. The zero-order valence-corrected chi connectivity index (χ0v) is 5.77. The molecule has 0 amide bonds. The molecule has 0 aliphatic heterocycles. The summed E-state index contributed by atoms with van der Waals surface area (Å²) in [6.07, 6.45) is 1.85. The molecule has 0 aromatic carbocycles. The van der Waals surface area contributed by atoms with Gasteiger partial charge in [-0.05, 0) is 16.5 Å². The van der Waals surface area contributed by atoms with E-state index in [2.05, 4.69) is 0 Å². The van der Waals surface area contributed by atoms with Gasteiger partial charge in [0.25, 0.3) is 0 Å². The van der Waals surface area contributed by atoms with E-state index in [-0.39, 0.29) is 10.5 Å². The van der Waals surface area contributed by atoms with Crippen LogP contribution in [0.1, 0.15) is 9.67 Å². The van der Waals surface area contributed by atoms with Crippen molar-refractivity contribution in [3.05, 3.63) is 22.4 Å². The highest BCUT2D eigenvalue weighted by molar-refractivity contribution is 7.29. The molecule has 2 nitrogen and oxygen atoms in total. The van der Waals surface area contributed by atoms with Crippen molar-refractivity contribution < 1.29 is 9.90 Å². The van der Waals surface area contributed by atoms with Gasteiger partial charge in [0, 0.05) is 6.07 Å². The van der Waals surface area contributed by atoms with E-state index in [1.165, 1.54) is 0 Å². The molecule has 0 fully saturated rings. The highest BCUT2D eigenvalue weighted by Gasteiger charge is 2.06. The van der Waals surface area contributed by atoms with Crippen molar-refractivity contribution in [2.45, 2.75) is 0 Å². The third-order valence-corrected chi connectivity index (χ3v) is 2.64. The van der Waals surface area contributed by atoms with Gasteiger partial charge in [0.15, 0.2) is 4.88 Å². The average molecular weight is 142 g/mol. The van der Waals surface area contributed by atoms with Gasteiger partial charge in [-0.25, -0.2) is 0 Å². The van der Waals surface area contributed by atoms with E-state index < -0.39 is 5.97 Å². The predicted molar refractivity (Wildman–Crippen MR) is 34.2 cm³/mol. The Labute approximate surface area is 55.7 Å². The van der Waals surface area contributed by atoms with Crippen molar-refractivity contribution in [2.75, 3.05) is 0 Å². The van der Waals surface area contributed by atoms with Crippen LogP contribution in [-0.2, 0) is 6.26 Å². The SMILES string of the molecule is C[s+]1cccc1C(=O)[O-]. The zero-order chi connectivity index (χ0) is 6.85. The number of carboxylic acids is 1. The van der Waals surface area contributed by atoms with Crippen LogP contribution in [-0.4, -0.2) is 5.97 Å². The smallest absolute Gasteiger partial charge is 0.195 e. The summed E-state index contributed by atoms with van der Waals surface area (Å²) in [6, 6.07) is 3.33. The molecule has 1 rings (SSSR count). The fourth-order valence-corrected chi connectivity index (χ4v) is 1.64. The lowest BCUT2D eigenvalue weighted by molar-refractivity contribution is -0.254. The third-order valence-electron chi connectivity index (χ3n) is 1.08. The summed E-state index contributed by atoms with van der Waals surface area (Å²) in [5.41, 5.74) is 0. The first-order chi connectivity index (χ1) is 4.22. The second-order valence-electron chi connectivity index (χ2n) is 1.70. The molecule has 0 aliphatic rings. The van der Waals surface area contributed by atoms with Crippen molar-refractivity contribution in [1.82, 2.24) is 0 Å². The maximum atomic E-state index is 10.2. The summed E-state index contributed by atoms with van der Waals surface area (Å²) in [6.45, 7) is 0. The Bertz CT molecular complexity index is 227. The molecule has 3 heteroatoms. The van der Waals surface area contributed by atoms with Crippen molar-refractivity contribution in [2.24, 2.45) is 6.26 Å². The Hall–Kier alpha value is -0.830. The number of carboxylic acid groups (broad SMARTS) is 1. The summed E-state index contributed by atoms with van der Waals surface area (Å²) < 4.78 is 0. The van der Waals surface area contributed by atoms with Crippen molar-refractivity contribution >= 4 is 16.4 Å². The van der Waals surface area contributed by atoms with Gasteiger partial charge in [0.2, 0.25) is 0 Å². The molecule has 0 aliphatic carbocycles. The first-order valence-corrected chi connectivity index (χ1v) is 4.16. The molecule has 0 N–H and O–H groups in total. The molecule has 0 saturated heterocycles. The van der Waals surface area contributed by atoms with Crippen molar-refractivity contribution in [3.63, 3.8) is 0 Å². The van der Waals surface area contributed by atoms with E-state index in [0.29, 0.717) is 4.88 Å². The minimum absolute atomic E-state index is 0.222. The Kier molecular flexibility index (Phi) is 1.53. The molecule has 1 aromatic rings. The topological polar surface area (TPSA) is 40.1 Å². The molecular formula is C6H6O2S. The molecule has 48 valence electrons. The zero-order valence-electron chi connectivity index (χ0n) is 4.96. The summed E-state index contributed by atoms with van der Waals surface area (Å²) in [5.74, 6) is -1.05. The Balaban J connectivity index is 3.08. The van der Waals surface area contributed by atoms with E-state index in [1.54, 1.807) is 12.1 Å². The maximum absolute atomic E-state index is 10.2. The molecule has 0 radical (unpaired) electrons. The second kappa shape index (κ2) is 2.19. The Morgan fingerprint density at radius 3 is 2.67 bits per heavy atom. The summed E-state index contributed by atoms with van der Waals surface area (Å²) in [4.78, 5) is 10.6. The molecule has 0 spiro atoms. The average Bonchev–Trinajstić information content (AvgIpc) is 2.13. The van der Waals surface area contributed by atoms with Crippen LogP contribution in [0.2, 0.25) is 0 Å². The number of hydrogen-bond donors (Lipinski definition) is 0. The summed E-state index contributed by atoms with van der Waals surface area (Å²) >= 11 is 0. The third kappa shape index (κ3) is 1.10. The molecule has 0 bridgehead atoms. The van der Waals surface area contributed by atoms with E-state index >= 15 is 0 Å². The lowest BCUT2D eigenvalue weighted by Gasteiger charge is -1.89. The van der Waals surface area contributed by atoms with Gasteiger partial charge in [-0.2, -0.15) is 0 Å². The van der Waals surface area contributed by atoms with Crippen LogP contribution in [0.25, 0.3) is 0 Å². The lowest BCUT2D eigenvalue weighted by Crippen LogP contribution is -2.21. The van der Waals surface area contributed by atoms with Crippen LogP contribution in [0.4, 0.5) is 0 Å². The van der Waals surface area contributed by atoms with E-state index in [0.717, 1.165) is 0 Å². The Morgan fingerprint density at radius 2 is 2.44 bits per heavy atom. The molecular weight excluding hydrogens is 136 g/mol. The minimum atomic E-state index is -1.05. The fraction of sp³-hybridized carbons (Fsp3) is 0.167. The highest BCUT2D eigenvalue weighted by Crippen LogP contribution is 2.18. The van der Waals surface area contributed by atoms with E-state index in [4.69, 9.17) is 0 Å². The number of rotatable bonds is 1. The fourth-order valence-electron chi connectivity index (χ4n) is 0.625. The number of carbonyl (C=O) groups excluding carboxylic acids is 1. The maximum Gasteiger partial charge on any atom is 0.195 e. The molecule has 9 heavy (non-hydrogen) atoms. The molecule has 1 aromatic heterocycles. The van der Waals surface area contributed by atoms with E-state index in [9.17, 15) is 9.90 Å². The molecule has 1 heterocycles. The van der Waals surface area contributed by atoms with Crippen molar-refractivity contribution in [3.8, 4) is 0 Å². The van der Waals surface area contributed by atoms with Gasteiger partial charge in [0.05, 0.1) is 0 Å². The van der Waals surface area contributed by atoms with Crippen LogP contribution in [0.15, 0.2) is 17.5 Å². The van der Waals surface area contributed by atoms with Gasteiger partial charge < -0.3 is 9.90 Å². The number of hydrogen-bond acceptors (Lipinski definition) is 2. The summed E-state index contributed by atoms with van der Waals surface area (Å²) in [7, 11) is -0.222. The standard InChI is InChI=1S/C6H6O2S/c1-9-4-2-3-5(9)6(7)8/h2-4H,1H3. The van der Waals surface area contributed by atoms with Gasteiger partial charge in [-0.1, -0.05) is 0 Å². The highest BCUT2D eigenvalue weighted by atomic mass is 32.2. The van der Waals surface area contributed by atoms with Gasteiger partial charge in [0.1, 0.15) is 17.6 Å². The number of carbonyl (C=O) groups is 1. The van der Waals surface area contributed by atoms with Crippen molar-refractivity contribution in [1.29, 1.82) is 0 Å². The monoisotopic (exact) mass is 142 g/mol. The van der Waals surface area contributed by atoms with Crippen LogP contribution in [0.5, 0.6) is 0 Å². The van der Waals surface area contributed by atoms with E-state index in [1.807, 2.05) is 11.6 Å².